The fourth-order valence-corrected chi connectivity index (χ4v) is 11.1. The van der Waals surface area contributed by atoms with Gasteiger partial charge in [0, 0.05) is 125 Å². The van der Waals surface area contributed by atoms with Crippen LogP contribution in [0.2, 0.25) is 5.15 Å². The Morgan fingerprint density at radius 2 is 0.689 bits per heavy atom. The lowest BCUT2D eigenvalue weighted by Gasteiger charge is -2.18. The van der Waals surface area contributed by atoms with E-state index in [0.29, 0.717) is 62.3 Å². The Hall–Kier alpha value is -12.2. The third-order valence-electron chi connectivity index (χ3n) is 16.1. The van der Waals surface area contributed by atoms with Crippen molar-refractivity contribution in [1.82, 2.24) is 30.9 Å². The summed E-state index contributed by atoms with van der Waals surface area (Å²) in [5.41, 5.74) is 5.03. The molecule has 0 radical (unpaired) electrons. The SMILES string of the molecule is CNC(=O)c1cc(F)ccc1Nc1cc(Cl)ncc1C(F)(F)F.CNC(=O)c1cc(F)ccc1Nc1cc(Nc2ccc(N3CCCC3=O)cc2)ncc1C(F)(F)F.CNC(=O)c1cc(F)ccc1Nc1cc(Nc2ccc(N3CCCC3=O)cc2)ncc1C(F)(F)F.Nc1ccc(N2CCCC2=O)cc1. The third kappa shape index (κ3) is 20.2. The molecule has 106 heavy (non-hydrogen) atoms. The Morgan fingerprint density at radius 3 is 0.972 bits per heavy atom. The number of amides is 6. The molecule has 6 amide bonds. The number of hydrogen-bond acceptors (Lipinski definition) is 15. The maximum atomic E-state index is 13.7. The van der Waals surface area contributed by atoms with Crippen molar-refractivity contribution >= 4 is 127 Å². The Morgan fingerprint density at radius 1 is 0.396 bits per heavy atom. The highest BCUT2D eigenvalue weighted by Gasteiger charge is 2.38. The lowest BCUT2D eigenvalue weighted by molar-refractivity contribution is -0.138. The van der Waals surface area contributed by atoms with Crippen molar-refractivity contribution in [3.05, 3.63) is 220 Å². The van der Waals surface area contributed by atoms with Gasteiger partial charge in [0.25, 0.3) is 17.7 Å². The van der Waals surface area contributed by atoms with E-state index < -0.39 is 76.1 Å². The molecule has 10 N–H and O–H groups in total. The van der Waals surface area contributed by atoms with Crippen LogP contribution in [0.15, 0.2) is 164 Å². The van der Waals surface area contributed by atoms with Crippen molar-refractivity contribution < 1.29 is 81.5 Å². The molecular formula is C72H64ClF12N15O6. The second kappa shape index (κ2) is 34.0. The number of aromatic nitrogens is 3. The summed E-state index contributed by atoms with van der Waals surface area (Å²) in [6.45, 7) is 2.12. The molecule has 0 atom stereocenters. The predicted octanol–water partition coefficient (Wildman–Crippen LogP) is 15.8. The number of nitrogen functional groups attached to an aromatic ring is 1. The van der Waals surface area contributed by atoms with Gasteiger partial charge in [-0.05, 0) is 153 Å². The molecule has 0 bridgehead atoms. The monoisotopic (exact) mass is 1500 g/mol. The second-order valence-corrected chi connectivity index (χ2v) is 23.7. The fourth-order valence-electron chi connectivity index (χ4n) is 10.9. The van der Waals surface area contributed by atoms with Crippen molar-refractivity contribution in [3.63, 3.8) is 0 Å². The molecule has 3 aliphatic rings. The lowest BCUT2D eigenvalue weighted by Crippen LogP contribution is -2.23. The minimum Gasteiger partial charge on any atom is -0.399 e. The average Bonchev–Trinajstić information content (AvgIpc) is 0.932. The summed E-state index contributed by atoms with van der Waals surface area (Å²) in [5.74, 6) is -3.58. The van der Waals surface area contributed by atoms with Crippen LogP contribution in [-0.2, 0) is 32.9 Å². The first-order valence-corrected chi connectivity index (χ1v) is 32.4. The summed E-state index contributed by atoms with van der Waals surface area (Å²) in [4.78, 5) is 87.5. The molecule has 21 nitrogen and oxygen atoms in total. The van der Waals surface area contributed by atoms with Crippen LogP contribution in [0.3, 0.4) is 0 Å². The number of nitrogens with zero attached hydrogens (tertiary/aromatic N) is 6. The quantitative estimate of drug-likeness (QED) is 0.0247. The number of carbonyl (C=O) groups is 6. The number of hydrogen-bond donors (Lipinski definition) is 9. The van der Waals surface area contributed by atoms with E-state index in [1.165, 1.54) is 33.3 Å². The van der Waals surface area contributed by atoms with Gasteiger partial charge in [-0.1, -0.05) is 11.6 Å². The van der Waals surface area contributed by atoms with Crippen LogP contribution in [0, 0.1) is 17.5 Å². The Balaban J connectivity index is 0.000000172. The first-order chi connectivity index (χ1) is 50.3. The average molecular weight is 1500 g/mol. The van der Waals surface area contributed by atoms with E-state index in [2.05, 4.69) is 57.5 Å². The van der Waals surface area contributed by atoms with Gasteiger partial charge < -0.3 is 63.0 Å². The van der Waals surface area contributed by atoms with E-state index >= 15 is 0 Å². The van der Waals surface area contributed by atoms with Gasteiger partial charge in [0.1, 0.15) is 34.2 Å². The molecule has 6 heterocycles. The topological polar surface area (TPSA) is 273 Å². The number of halogens is 13. The zero-order valence-electron chi connectivity index (χ0n) is 56.1. The van der Waals surface area contributed by atoms with E-state index in [4.69, 9.17) is 17.3 Å². The molecule has 3 aliphatic heterocycles. The minimum atomic E-state index is -4.73. The van der Waals surface area contributed by atoms with Gasteiger partial charge in [-0.25, -0.2) is 28.1 Å². The highest BCUT2D eigenvalue weighted by Crippen LogP contribution is 2.42. The smallest absolute Gasteiger partial charge is 0.399 e. The molecule has 34 heteroatoms. The number of carbonyl (C=O) groups excluding carboxylic acids is 6. The Bertz CT molecular complexity index is 4510. The maximum absolute atomic E-state index is 13.7. The molecule has 0 aliphatic carbocycles. The molecule has 0 spiro atoms. The lowest BCUT2D eigenvalue weighted by atomic mass is 10.1. The molecule has 0 unspecified atom stereocenters. The number of pyridine rings is 3. The second-order valence-electron chi connectivity index (χ2n) is 23.3. The zero-order chi connectivity index (χ0) is 76.8. The van der Waals surface area contributed by atoms with E-state index in [1.54, 1.807) is 63.2 Å². The number of benzene rings is 6. The van der Waals surface area contributed by atoms with E-state index in [9.17, 15) is 81.5 Å². The van der Waals surface area contributed by atoms with E-state index in [1.807, 2.05) is 24.3 Å². The highest BCUT2D eigenvalue weighted by atomic mass is 35.5. The van der Waals surface area contributed by atoms with Crippen LogP contribution in [0.4, 0.5) is 133 Å². The Labute approximate surface area is 601 Å². The number of alkyl halides is 9. The van der Waals surface area contributed by atoms with Crippen LogP contribution in [0.1, 0.15) is 86.3 Å². The van der Waals surface area contributed by atoms with Crippen LogP contribution < -0.4 is 63.0 Å². The molecule has 3 saturated heterocycles. The summed E-state index contributed by atoms with van der Waals surface area (Å²) in [7, 11) is 3.98. The van der Waals surface area contributed by atoms with Crippen molar-refractivity contribution in [2.45, 2.75) is 57.1 Å². The molecular weight excluding hydrogens is 1430 g/mol. The summed E-state index contributed by atoms with van der Waals surface area (Å²) in [6.07, 6.45) is -8.00. The summed E-state index contributed by atoms with van der Waals surface area (Å²) < 4.78 is 162. The largest absolute Gasteiger partial charge is 0.419 e. The molecule has 3 aromatic heterocycles. The van der Waals surface area contributed by atoms with Crippen LogP contribution in [-0.4, -0.2) is 91.2 Å². The van der Waals surface area contributed by atoms with Gasteiger partial charge in [-0.2, -0.15) is 39.5 Å². The number of rotatable bonds is 16. The van der Waals surface area contributed by atoms with Crippen LogP contribution >= 0.6 is 11.6 Å². The van der Waals surface area contributed by atoms with Crippen molar-refractivity contribution in [3.8, 4) is 0 Å². The standard InChI is InChI=1S/2C24H21F4N5O2.C14H10ClF4N3O.C10H12N2O/c2*1-29-23(35)17-11-14(25)4-9-19(17)32-20-12-21(30-13-18(20)24(26,27)28)31-15-5-7-16(8-6-15)33-10-2-3-22(33)34;1-20-13(23)8-4-7(16)2-3-10(8)22-11-5-12(15)21-6-9(11)14(17,18)19;11-8-3-5-9(6-4-8)12-7-1-2-10(12)13/h2*4-9,11-13H,2-3,10H2,1H3,(H,29,35)(H2,30,31,32);2-6H,1H3,(H,20,23)(H,21,22);3-6H,1-2,7,11H2. The summed E-state index contributed by atoms with van der Waals surface area (Å²) in [6, 6.07) is 33.8. The molecule has 12 rings (SSSR count). The van der Waals surface area contributed by atoms with Gasteiger partial charge in [0.15, 0.2) is 0 Å². The first kappa shape index (κ1) is 78.0. The summed E-state index contributed by atoms with van der Waals surface area (Å²) in [5, 5.41) is 20.3. The molecule has 3 fully saturated rings. The Kier molecular flexibility index (Phi) is 25.0. The van der Waals surface area contributed by atoms with Crippen molar-refractivity contribution in [2.24, 2.45) is 0 Å². The number of anilines is 14. The third-order valence-corrected chi connectivity index (χ3v) is 16.3. The minimum absolute atomic E-state index is 0.00137. The number of nitrogens with two attached hydrogens (primary N) is 1. The molecule has 0 saturated carbocycles. The molecule has 6 aromatic carbocycles. The highest BCUT2D eigenvalue weighted by molar-refractivity contribution is 6.29. The van der Waals surface area contributed by atoms with Crippen molar-refractivity contribution in [2.75, 3.05) is 87.8 Å². The van der Waals surface area contributed by atoms with Gasteiger partial charge in [0.05, 0.1) is 67.5 Å². The molecule has 554 valence electrons. The maximum Gasteiger partial charge on any atom is 0.419 e. The van der Waals surface area contributed by atoms with Gasteiger partial charge in [-0.15, -0.1) is 0 Å². The van der Waals surface area contributed by atoms with Gasteiger partial charge >= 0.3 is 18.5 Å². The van der Waals surface area contributed by atoms with Crippen LogP contribution in [0.5, 0.6) is 0 Å². The molecule has 9 aromatic rings. The first-order valence-electron chi connectivity index (χ1n) is 32.0. The normalized spacial score (nSPS) is 13.5. The zero-order valence-corrected chi connectivity index (χ0v) is 56.8. The van der Waals surface area contributed by atoms with Crippen molar-refractivity contribution in [1.29, 1.82) is 0 Å². The van der Waals surface area contributed by atoms with E-state index in [-0.39, 0.29) is 79.6 Å². The van der Waals surface area contributed by atoms with Crippen LogP contribution in [0.25, 0.3) is 0 Å². The van der Waals surface area contributed by atoms with E-state index in [0.717, 1.165) is 109 Å². The van der Waals surface area contributed by atoms with Gasteiger partial charge in [0.2, 0.25) is 17.7 Å². The number of nitrogens with one attached hydrogen (secondary N) is 8. The van der Waals surface area contributed by atoms with Gasteiger partial charge in [-0.3, -0.25) is 28.8 Å². The predicted molar refractivity (Wildman–Crippen MR) is 377 cm³/mol. The fraction of sp³-hybridized carbons (Fsp3) is 0.208. The summed E-state index contributed by atoms with van der Waals surface area (Å²) >= 11 is 5.63.